The molecule has 1 amide bonds. The van der Waals surface area contributed by atoms with E-state index in [9.17, 15) is 9.18 Å². The van der Waals surface area contributed by atoms with Crippen LogP contribution in [0.15, 0.2) is 48.7 Å². The SMILES string of the molecule is Cc1cccc(C)c1NC(=O)c1cnn(-c2ccccc2F)c1C. The Hall–Kier alpha value is -2.95. The summed E-state index contributed by atoms with van der Waals surface area (Å²) in [7, 11) is 0. The molecule has 0 aliphatic carbocycles. The van der Waals surface area contributed by atoms with Crippen LogP contribution < -0.4 is 5.32 Å². The third-order valence-electron chi connectivity index (χ3n) is 4.05. The third-order valence-corrected chi connectivity index (χ3v) is 4.05. The lowest BCUT2D eigenvalue weighted by atomic mass is 10.1. The second-order valence-corrected chi connectivity index (χ2v) is 5.73. The second kappa shape index (κ2) is 6.28. The van der Waals surface area contributed by atoms with Gasteiger partial charge in [0.05, 0.1) is 17.5 Å². The number of aromatic nitrogens is 2. The Kier molecular flexibility index (Phi) is 4.16. The van der Waals surface area contributed by atoms with Crippen LogP contribution in [0, 0.1) is 26.6 Å². The molecule has 122 valence electrons. The minimum Gasteiger partial charge on any atom is -0.321 e. The number of amides is 1. The smallest absolute Gasteiger partial charge is 0.259 e. The lowest BCUT2D eigenvalue weighted by molar-refractivity contribution is 0.102. The topological polar surface area (TPSA) is 46.9 Å². The zero-order valence-electron chi connectivity index (χ0n) is 13.8. The summed E-state index contributed by atoms with van der Waals surface area (Å²) in [6, 6.07) is 12.2. The van der Waals surface area contributed by atoms with Gasteiger partial charge in [-0.1, -0.05) is 30.3 Å². The number of nitrogens with zero attached hydrogens (tertiary/aromatic N) is 2. The molecule has 0 unspecified atom stereocenters. The molecule has 0 radical (unpaired) electrons. The zero-order valence-corrected chi connectivity index (χ0v) is 13.8. The minimum absolute atomic E-state index is 0.257. The number of carbonyl (C=O) groups is 1. The van der Waals surface area contributed by atoms with E-state index in [1.54, 1.807) is 25.1 Å². The number of nitrogens with one attached hydrogen (secondary N) is 1. The summed E-state index contributed by atoms with van der Waals surface area (Å²) in [4.78, 5) is 12.6. The molecule has 3 rings (SSSR count). The number of carbonyl (C=O) groups excluding carboxylic acids is 1. The quantitative estimate of drug-likeness (QED) is 0.785. The number of hydrogen-bond acceptors (Lipinski definition) is 2. The van der Waals surface area contributed by atoms with Gasteiger partial charge in [0.1, 0.15) is 11.5 Å². The van der Waals surface area contributed by atoms with E-state index in [-0.39, 0.29) is 11.7 Å². The first-order valence-electron chi connectivity index (χ1n) is 7.66. The van der Waals surface area contributed by atoms with Gasteiger partial charge in [-0.3, -0.25) is 4.79 Å². The van der Waals surface area contributed by atoms with Crippen molar-refractivity contribution in [2.24, 2.45) is 0 Å². The summed E-state index contributed by atoms with van der Waals surface area (Å²) >= 11 is 0. The molecule has 0 fully saturated rings. The van der Waals surface area contributed by atoms with Crippen LogP contribution in [-0.4, -0.2) is 15.7 Å². The molecule has 2 aromatic carbocycles. The van der Waals surface area contributed by atoms with Gasteiger partial charge in [0.2, 0.25) is 0 Å². The molecule has 0 saturated heterocycles. The maximum Gasteiger partial charge on any atom is 0.259 e. The second-order valence-electron chi connectivity index (χ2n) is 5.73. The maximum atomic E-state index is 14.0. The van der Waals surface area contributed by atoms with E-state index in [0.29, 0.717) is 16.9 Å². The van der Waals surface area contributed by atoms with Crippen LogP contribution in [0.2, 0.25) is 0 Å². The average Bonchev–Trinajstić information content (AvgIpc) is 2.93. The minimum atomic E-state index is -0.384. The number of benzene rings is 2. The van der Waals surface area contributed by atoms with E-state index in [4.69, 9.17) is 0 Å². The van der Waals surface area contributed by atoms with Crippen molar-refractivity contribution in [3.05, 3.63) is 76.9 Å². The molecular weight excluding hydrogens is 305 g/mol. The standard InChI is InChI=1S/C19H18FN3O/c1-12-7-6-8-13(2)18(12)22-19(24)15-11-21-23(14(15)3)17-10-5-4-9-16(17)20/h4-11H,1-3H3,(H,22,24). The lowest BCUT2D eigenvalue weighted by Crippen LogP contribution is -2.15. The fourth-order valence-electron chi connectivity index (χ4n) is 2.69. The van der Waals surface area contributed by atoms with Crippen molar-refractivity contribution >= 4 is 11.6 Å². The first-order chi connectivity index (χ1) is 11.5. The molecule has 0 bridgehead atoms. The summed E-state index contributed by atoms with van der Waals surface area (Å²) in [5.74, 6) is -0.641. The number of halogens is 1. The van der Waals surface area contributed by atoms with Gasteiger partial charge in [-0.2, -0.15) is 5.10 Å². The summed E-state index contributed by atoms with van der Waals surface area (Å²) in [5.41, 5.74) is 4.09. The fraction of sp³-hybridized carbons (Fsp3) is 0.158. The lowest BCUT2D eigenvalue weighted by Gasteiger charge is -2.11. The normalized spacial score (nSPS) is 10.7. The summed E-state index contributed by atoms with van der Waals surface area (Å²) in [5, 5.41) is 7.10. The molecule has 3 aromatic rings. The Morgan fingerprint density at radius 2 is 1.71 bits per heavy atom. The highest BCUT2D eigenvalue weighted by Gasteiger charge is 2.18. The number of hydrogen-bond donors (Lipinski definition) is 1. The first-order valence-corrected chi connectivity index (χ1v) is 7.66. The highest BCUT2D eigenvalue weighted by molar-refractivity contribution is 6.05. The first kappa shape index (κ1) is 15.9. The summed E-state index contributed by atoms with van der Waals surface area (Å²) in [6.45, 7) is 5.63. The number of anilines is 1. The molecule has 1 heterocycles. The van der Waals surface area contributed by atoms with Crippen LogP contribution in [0.1, 0.15) is 27.2 Å². The Morgan fingerprint density at radius 1 is 1.04 bits per heavy atom. The molecule has 0 saturated carbocycles. The fourth-order valence-corrected chi connectivity index (χ4v) is 2.69. The summed E-state index contributed by atoms with van der Waals surface area (Å²) < 4.78 is 15.4. The molecular formula is C19H18FN3O. The predicted molar refractivity (Wildman–Crippen MR) is 92.1 cm³/mol. The van der Waals surface area contributed by atoms with Crippen LogP contribution in [-0.2, 0) is 0 Å². The number of aryl methyl sites for hydroxylation is 2. The van der Waals surface area contributed by atoms with Gasteiger partial charge in [-0.05, 0) is 44.0 Å². The van der Waals surface area contributed by atoms with Crippen molar-refractivity contribution in [3.63, 3.8) is 0 Å². The Balaban J connectivity index is 1.94. The number of rotatable bonds is 3. The van der Waals surface area contributed by atoms with E-state index < -0.39 is 0 Å². The van der Waals surface area contributed by atoms with Gasteiger partial charge in [0.15, 0.2) is 0 Å². The highest BCUT2D eigenvalue weighted by Crippen LogP contribution is 2.22. The Labute approximate surface area is 139 Å². The molecule has 0 aliphatic rings. The largest absolute Gasteiger partial charge is 0.321 e. The van der Waals surface area contributed by atoms with Gasteiger partial charge in [0.25, 0.3) is 5.91 Å². The van der Waals surface area contributed by atoms with Crippen LogP contribution in [0.25, 0.3) is 5.69 Å². The van der Waals surface area contributed by atoms with E-state index in [0.717, 1.165) is 16.8 Å². The van der Waals surface area contributed by atoms with Crippen molar-refractivity contribution in [1.29, 1.82) is 0 Å². The van der Waals surface area contributed by atoms with Crippen LogP contribution >= 0.6 is 0 Å². The van der Waals surface area contributed by atoms with Crippen molar-refractivity contribution in [3.8, 4) is 5.69 Å². The van der Waals surface area contributed by atoms with Crippen molar-refractivity contribution in [2.45, 2.75) is 20.8 Å². The van der Waals surface area contributed by atoms with E-state index in [1.165, 1.54) is 16.9 Å². The van der Waals surface area contributed by atoms with Crippen molar-refractivity contribution in [1.82, 2.24) is 9.78 Å². The van der Waals surface area contributed by atoms with Gasteiger partial charge >= 0.3 is 0 Å². The Morgan fingerprint density at radius 3 is 2.38 bits per heavy atom. The average molecular weight is 323 g/mol. The van der Waals surface area contributed by atoms with Crippen LogP contribution in [0.3, 0.4) is 0 Å². The van der Waals surface area contributed by atoms with Crippen molar-refractivity contribution < 1.29 is 9.18 Å². The predicted octanol–water partition coefficient (Wildman–Crippen LogP) is 4.19. The molecule has 5 heteroatoms. The monoisotopic (exact) mass is 323 g/mol. The molecule has 1 aromatic heterocycles. The van der Waals surface area contributed by atoms with E-state index in [2.05, 4.69) is 10.4 Å². The number of para-hydroxylation sites is 2. The maximum absolute atomic E-state index is 14.0. The van der Waals surface area contributed by atoms with Crippen LogP contribution in [0.4, 0.5) is 10.1 Å². The van der Waals surface area contributed by atoms with E-state index in [1.807, 2.05) is 32.0 Å². The third kappa shape index (κ3) is 2.80. The zero-order chi connectivity index (χ0) is 17.3. The van der Waals surface area contributed by atoms with E-state index >= 15 is 0 Å². The van der Waals surface area contributed by atoms with Gasteiger partial charge in [0, 0.05) is 5.69 Å². The molecule has 0 spiro atoms. The van der Waals surface area contributed by atoms with Gasteiger partial charge in [-0.15, -0.1) is 0 Å². The highest BCUT2D eigenvalue weighted by atomic mass is 19.1. The van der Waals surface area contributed by atoms with Crippen molar-refractivity contribution in [2.75, 3.05) is 5.32 Å². The summed E-state index contributed by atoms with van der Waals surface area (Å²) in [6.07, 6.45) is 1.46. The van der Waals surface area contributed by atoms with Crippen LogP contribution in [0.5, 0.6) is 0 Å². The van der Waals surface area contributed by atoms with Gasteiger partial charge < -0.3 is 5.32 Å². The molecule has 0 atom stereocenters. The molecule has 0 aliphatic heterocycles. The molecule has 1 N–H and O–H groups in total. The van der Waals surface area contributed by atoms with Gasteiger partial charge in [-0.25, -0.2) is 9.07 Å². The Bertz CT molecular complexity index is 894. The molecule has 4 nitrogen and oxygen atoms in total. The molecule has 24 heavy (non-hydrogen) atoms.